The minimum Gasteiger partial charge on any atom is -0.399 e. The standard InChI is InChI=1S/C13H15BrN2O2S2/c1-2-16(9-11-4-3-7-19-11)20(17,18)13-8-10(15)5-6-12(13)14/h3-8H,2,9,15H2,1H3. The van der Waals surface area contributed by atoms with E-state index in [1.807, 2.05) is 24.4 Å². The van der Waals surface area contributed by atoms with Gasteiger partial charge in [0.2, 0.25) is 10.0 Å². The van der Waals surface area contributed by atoms with Gasteiger partial charge in [-0.25, -0.2) is 8.42 Å². The van der Waals surface area contributed by atoms with Crippen molar-refractivity contribution in [2.75, 3.05) is 12.3 Å². The van der Waals surface area contributed by atoms with Crippen LogP contribution in [0.5, 0.6) is 0 Å². The Morgan fingerprint density at radius 1 is 1.35 bits per heavy atom. The minimum absolute atomic E-state index is 0.205. The van der Waals surface area contributed by atoms with E-state index in [0.717, 1.165) is 4.88 Å². The van der Waals surface area contributed by atoms with Crippen molar-refractivity contribution in [2.24, 2.45) is 0 Å². The van der Waals surface area contributed by atoms with Crippen LogP contribution in [0.3, 0.4) is 0 Å². The maximum atomic E-state index is 12.7. The predicted molar refractivity (Wildman–Crippen MR) is 86.1 cm³/mol. The summed E-state index contributed by atoms with van der Waals surface area (Å²) in [7, 11) is -3.57. The summed E-state index contributed by atoms with van der Waals surface area (Å²) in [6.45, 7) is 2.60. The Morgan fingerprint density at radius 2 is 2.10 bits per heavy atom. The average molecular weight is 375 g/mol. The van der Waals surface area contributed by atoms with Gasteiger partial charge in [0.25, 0.3) is 0 Å². The monoisotopic (exact) mass is 374 g/mol. The fourth-order valence-electron chi connectivity index (χ4n) is 1.80. The highest BCUT2D eigenvalue weighted by Gasteiger charge is 2.26. The molecule has 0 unspecified atom stereocenters. The third kappa shape index (κ3) is 3.22. The van der Waals surface area contributed by atoms with Gasteiger partial charge in [-0.15, -0.1) is 11.3 Å². The Morgan fingerprint density at radius 3 is 2.70 bits per heavy atom. The van der Waals surface area contributed by atoms with E-state index in [0.29, 0.717) is 23.2 Å². The summed E-state index contributed by atoms with van der Waals surface area (Å²) in [5, 5.41) is 1.94. The van der Waals surface area contributed by atoms with Gasteiger partial charge in [0.05, 0.1) is 4.90 Å². The summed E-state index contributed by atoms with van der Waals surface area (Å²) in [5.74, 6) is 0. The number of thiophene rings is 1. The van der Waals surface area contributed by atoms with Gasteiger partial charge in [0.1, 0.15) is 0 Å². The second kappa shape index (κ2) is 6.26. The van der Waals surface area contributed by atoms with E-state index in [4.69, 9.17) is 5.73 Å². The van der Waals surface area contributed by atoms with Gasteiger partial charge in [-0.1, -0.05) is 13.0 Å². The topological polar surface area (TPSA) is 63.4 Å². The van der Waals surface area contributed by atoms with Crippen molar-refractivity contribution in [3.63, 3.8) is 0 Å². The lowest BCUT2D eigenvalue weighted by atomic mass is 10.3. The third-order valence-corrected chi connectivity index (χ3v) is 6.61. The summed E-state index contributed by atoms with van der Waals surface area (Å²) >= 11 is 4.83. The zero-order chi connectivity index (χ0) is 14.8. The molecule has 0 bridgehead atoms. The third-order valence-electron chi connectivity index (χ3n) is 2.84. The number of rotatable bonds is 5. The molecule has 0 atom stereocenters. The van der Waals surface area contributed by atoms with Crippen LogP contribution in [-0.4, -0.2) is 19.3 Å². The first-order chi connectivity index (χ1) is 9.45. The fourth-order valence-corrected chi connectivity index (χ4v) is 4.99. The van der Waals surface area contributed by atoms with E-state index in [2.05, 4.69) is 15.9 Å². The first-order valence-electron chi connectivity index (χ1n) is 6.02. The van der Waals surface area contributed by atoms with Gasteiger partial charge in [-0.2, -0.15) is 4.31 Å². The molecular weight excluding hydrogens is 360 g/mol. The van der Waals surface area contributed by atoms with Crippen molar-refractivity contribution in [1.29, 1.82) is 0 Å². The molecule has 1 heterocycles. The SMILES string of the molecule is CCN(Cc1cccs1)S(=O)(=O)c1cc(N)ccc1Br. The Bertz CT molecular complexity index is 684. The van der Waals surface area contributed by atoms with Crippen LogP contribution in [0.4, 0.5) is 5.69 Å². The summed E-state index contributed by atoms with van der Waals surface area (Å²) in [4.78, 5) is 1.21. The molecule has 0 saturated carbocycles. The molecule has 7 heteroatoms. The van der Waals surface area contributed by atoms with Crippen LogP contribution in [-0.2, 0) is 16.6 Å². The second-order valence-electron chi connectivity index (χ2n) is 4.20. The van der Waals surface area contributed by atoms with Crippen molar-refractivity contribution < 1.29 is 8.42 Å². The zero-order valence-electron chi connectivity index (χ0n) is 10.9. The molecule has 1 aromatic carbocycles. The fraction of sp³-hybridized carbons (Fsp3) is 0.231. The molecule has 0 saturated heterocycles. The number of anilines is 1. The van der Waals surface area contributed by atoms with Gasteiger partial charge in [0.15, 0.2) is 0 Å². The lowest BCUT2D eigenvalue weighted by molar-refractivity contribution is 0.426. The zero-order valence-corrected chi connectivity index (χ0v) is 14.1. The van der Waals surface area contributed by atoms with Crippen LogP contribution in [0.15, 0.2) is 45.1 Å². The van der Waals surface area contributed by atoms with Crippen LogP contribution < -0.4 is 5.73 Å². The Kier molecular flexibility index (Phi) is 4.85. The minimum atomic E-state index is -3.57. The van der Waals surface area contributed by atoms with Gasteiger partial charge >= 0.3 is 0 Å². The molecule has 4 nitrogen and oxygen atoms in total. The lowest BCUT2D eigenvalue weighted by Crippen LogP contribution is -2.30. The van der Waals surface area contributed by atoms with Crippen molar-refractivity contribution in [3.05, 3.63) is 45.1 Å². The number of benzene rings is 1. The van der Waals surface area contributed by atoms with Gasteiger partial charge in [0, 0.05) is 28.1 Å². The molecule has 0 aliphatic carbocycles. The number of nitrogen functional groups attached to an aromatic ring is 1. The Labute approximate surface area is 131 Å². The van der Waals surface area contributed by atoms with E-state index >= 15 is 0 Å². The van der Waals surface area contributed by atoms with Crippen molar-refractivity contribution in [2.45, 2.75) is 18.4 Å². The highest BCUT2D eigenvalue weighted by atomic mass is 79.9. The van der Waals surface area contributed by atoms with Crippen LogP contribution >= 0.6 is 27.3 Å². The number of nitrogens with zero attached hydrogens (tertiary/aromatic N) is 1. The number of halogens is 1. The molecule has 0 aliphatic rings. The molecule has 2 aromatic rings. The molecule has 0 spiro atoms. The Hall–Kier alpha value is -0.890. The normalized spacial score (nSPS) is 11.9. The van der Waals surface area contributed by atoms with Gasteiger partial charge in [-0.3, -0.25) is 0 Å². The van der Waals surface area contributed by atoms with Crippen molar-refractivity contribution in [3.8, 4) is 0 Å². The highest BCUT2D eigenvalue weighted by Crippen LogP contribution is 2.28. The number of hydrogen-bond acceptors (Lipinski definition) is 4. The average Bonchev–Trinajstić information content (AvgIpc) is 2.91. The summed E-state index contributed by atoms with van der Waals surface area (Å²) in [6.07, 6.45) is 0. The molecule has 2 rings (SSSR count). The molecule has 0 fully saturated rings. The number of hydrogen-bond donors (Lipinski definition) is 1. The van der Waals surface area contributed by atoms with Crippen molar-refractivity contribution in [1.82, 2.24) is 4.31 Å². The molecule has 108 valence electrons. The number of sulfonamides is 1. The van der Waals surface area contributed by atoms with Gasteiger partial charge < -0.3 is 5.73 Å². The van der Waals surface area contributed by atoms with Crippen LogP contribution in [0.1, 0.15) is 11.8 Å². The van der Waals surface area contributed by atoms with E-state index in [9.17, 15) is 8.42 Å². The van der Waals surface area contributed by atoms with E-state index in [1.54, 1.807) is 23.5 Å². The van der Waals surface area contributed by atoms with Gasteiger partial charge in [-0.05, 0) is 45.6 Å². The molecular formula is C13H15BrN2O2S2. The first kappa shape index (κ1) is 15.5. The van der Waals surface area contributed by atoms with Crippen LogP contribution in [0, 0.1) is 0 Å². The van der Waals surface area contributed by atoms with E-state index < -0.39 is 10.0 Å². The maximum Gasteiger partial charge on any atom is 0.244 e. The molecule has 2 N–H and O–H groups in total. The molecule has 0 amide bonds. The molecule has 1 aromatic heterocycles. The maximum absolute atomic E-state index is 12.7. The van der Waals surface area contributed by atoms with Crippen molar-refractivity contribution >= 4 is 43.0 Å². The summed E-state index contributed by atoms with van der Waals surface area (Å²) < 4.78 is 27.4. The smallest absolute Gasteiger partial charge is 0.244 e. The molecule has 0 radical (unpaired) electrons. The molecule has 0 aliphatic heterocycles. The summed E-state index contributed by atoms with van der Waals surface area (Å²) in [6, 6.07) is 8.64. The quantitative estimate of drug-likeness (QED) is 0.816. The summed E-state index contributed by atoms with van der Waals surface area (Å²) in [5.41, 5.74) is 6.13. The first-order valence-corrected chi connectivity index (χ1v) is 9.14. The number of nitrogens with two attached hydrogens (primary N) is 1. The van der Waals surface area contributed by atoms with E-state index in [-0.39, 0.29) is 4.90 Å². The predicted octanol–water partition coefficient (Wildman–Crippen LogP) is 3.30. The lowest BCUT2D eigenvalue weighted by Gasteiger charge is -2.20. The van der Waals surface area contributed by atoms with Crippen LogP contribution in [0.2, 0.25) is 0 Å². The Balaban J connectivity index is 2.38. The highest BCUT2D eigenvalue weighted by molar-refractivity contribution is 9.10. The van der Waals surface area contributed by atoms with Crippen LogP contribution in [0.25, 0.3) is 0 Å². The van der Waals surface area contributed by atoms with E-state index in [1.165, 1.54) is 10.4 Å². The second-order valence-corrected chi connectivity index (χ2v) is 7.99. The largest absolute Gasteiger partial charge is 0.399 e. The molecule has 20 heavy (non-hydrogen) atoms.